The Kier molecular flexibility index (Phi) is 6.52. The van der Waals surface area contributed by atoms with Crippen LogP contribution in [-0.4, -0.2) is 16.0 Å². The maximum Gasteiger partial charge on any atom is 0.118 e. The van der Waals surface area contributed by atoms with Gasteiger partial charge in [-0.3, -0.25) is 4.21 Å². The van der Waals surface area contributed by atoms with Crippen LogP contribution in [0.2, 0.25) is 0 Å². The van der Waals surface area contributed by atoms with E-state index in [1.165, 1.54) is 0 Å². The molecule has 98 valence electrons. The van der Waals surface area contributed by atoms with Crippen LogP contribution in [0.5, 0.6) is 0 Å². The Hall–Kier alpha value is -0.610. The first-order valence-corrected chi connectivity index (χ1v) is 7.71. The van der Waals surface area contributed by atoms with Gasteiger partial charge in [0.15, 0.2) is 0 Å². The molecule has 17 heavy (non-hydrogen) atoms. The molecule has 1 N–H and O–H groups in total. The van der Waals surface area contributed by atoms with Crippen LogP contribution < -0.4 is 5.32 Å². The molecule has 0 spiro atoms. The van der Waals surface area contributed by atoms with Gasteiger partial charge in [-0.1, -0.05) is 20.8 Å². The maximum atomic E-state index is 11.8. The molecule has 0 amide bonds. The van der Waals surface area contributed by atoms with Crippen molar-refractivity contribution < 1.29 is 8.63 Å². The molecule has 0 fully saturated rings. The quantitative estimate of drug-likeness (QED) is 0.728. The van der Waals surface area contributed by atoms with Crippen LogP contribution in [0.3, 0.4) is 0 Å². The lowest BCUT2D eigenvalue weighted by molar-refractivity contribution is 0.458. The van der Waals surface area contributed by atoms with Crippen molar-refractivity contribution in [3.63, 3.8) is 0 Å². The topological polar surface area (TPSA) is 42.2 Å². The summed E-state index contributed by atoms with van der Waals surface area (Å²) in [6, 6.07) is 3.90. The van der Waals surface area contributed by atoms with Gasteiger partial charge in [-0.15, -0.1) is 0 Å². The van der Waals surface area contributed by atoms with Gasteiger partial charge in [0, 0.05) is 16.0 Å². The zero-order chi connectivity index (χ0) is 12.7. The molecule has 0 radical (unpaired) electrons. The van der Waals surface area contributed by atoms with E-state index >= 15 is 0 Å². The van der Waals surface area contributed by atoms with Crippen LogP contribution in [0.15, 0.2) is 16.5 Å². The van der Waals surface area contributed by atoms with E-state index in [1.54, 1.807) is 0 Å². The van der Waals surface area contributed by atoms with Crippen molar-refractivity contribution in [2.75, 3.05) is 6.54 Å². The third kappa shape index (κ3) is 5.04. The van der Waals surface area contributed by atoms with Gasteiger partial charge in [-0.05, 0) is 31.5 Å². The van der Waals surface area contributed by atoms with Crippen molar-refractivity contribution in [3.8, 4) is 0 Å². The lowest BCUT2D eigenvalue weighted by Gasteiger charge is -2.06. The molecule has 0 aliphatic rings. The van der Waals surface area contributed by atoms with E-state index in [4.69, 9.17) is 4.42 Å². The summed E-state index contributed by atoms with van der Waals surface area (Å²) in [7, 11) is -0.824. The minimum absolute atomic E-state index is 0.238. The summed E-state index contributed by atoms with van der Waals surface area (Å²) >= 11 is 0. The zero-order valence-electron chi connectivity index (χ0n) is 11.0. The van der Waals surface area contributed by atoms with E-state index < -0.39 is 10.8 Å². The number of rotatable bonds is 8. The third-order valence-electron chi connectivity index (χ3n) is 2.75. The van der Waals surface area contributed by atoms with Gasteiger partial charge in [0.1, 0.15) is 11.5 Å². The van der Waals surface area contributed by atoms with Crippen LogP contribution in [-0.2, 0) is 23.1 Å². The van der Waals surface area contributed by atoms with Crippen LogP contribution in [0, 0.1) is 0 Å². The molecule has 0 aliphatic heterocycles. The van der Waals surface area contributed by atoms with Crippen LogP contribution in [0.1, 0.15) is 45.1 Å². The van der Waals surface area contributed by atoms with Gasteiger partial charge in [-0.25, -0.2) is 0 Å². The highest BCUT2D eigenvalue weighted by Gasteiger charge is 2.11. The van der Waals surface area contributed by atoms with Crippen molar-refractivity contribution in [1.82, 2.24) is 5.32 Å². The van der Waals surface area contributed by atoms with Crippen LogP contribution in [0.4, 0.5) is 0 Å². The molecule has 3 nitrogen and oxygen atoms in total. The predicted molar refractivity (Wildman–Crippen MR) is 72.3 cm³/mol. The van der Waals surface area contributed by atoms with Crippen molar-refractivity contribution in [1.29, 1.82) is 0 Å². The minimum atomic E-state index is -0.824. The molecule has 2 unspecified atom stereocenters. The first-order valence-electron chi connectivity index (χ1n) is 6.32. The SMILES string of the molecule is CCCNCc1ccc(CS(=O)C(C)CC)o1. The molecule has 1 aromatic heterocycles. The fourth-order valence-electron chi connectivity index (χ4n) is 1.45. The molecule has 1 aromatic rings. The fraction of sp³-hybridized carbons (Fsp3) is 0.692. The first kappa shape index (κ1) is 14.5. The Balaban J connectivity index is 2.42. The molecule has 0 bridgehead atoms. The summed E-state index contributed by atoms with van der Waals surface area (Å²) in [5.41, 5.74) is 0. The number of hydrogen-bond donors (Lipinski definition) is 1. The summed E-state index contributed by atoms with van der Waals surface area (Å²) < 4.78 is 17.5. The smallest absolute Gasteiger partial charge is 0.118 e. The fourth-order valence-corrected chi connectivity index (χ4v) is 2.54. The third-order valence-corrected chi connectivity index (χ3v) is 4.55. The molecule has 0 aliphatic carbocycles. The Morgan fingerprint density at radius 2 is 2.06 bits per heavy atom. The number of hydrogen-bond acceptors (Lipinski definition) is 3. The van der Waals surface area contributed by atoms with Gasteiger partial charge in [0.25, 0.3) is 0 Å². The van der Waals surface area contributed by atoms with E-state index in [2.05, 4.69) is 19.2 Å². The molecule has 2 atom stereocenters. The van der Waals surface area contributed by atoms with Gasteiger partial charge < -0.3 is 9.73 Å². The maximum absolute atomic E-state index is 11.8. The van der Waals surface area contributed by atoms with E-state index in [1.807, 2.05) is 19.1 Å². The van der Waals surface area contributed by atoms with Crippen molar-refractivity contribution >= 4 is 10.8 Å². The summed E-state index contributed by atoms with van der Waals surface area (Å²) in [5, 5.41) is 3.52. The Morgan fingerprint density at radius 3 is 2.71 bits per heavy atom. The van der Waals surface area contributed by atoms with Gasteiger partial charge >= 0.3 is 0 Å². The molecule has 0 aromatic carbocycles. The first-order chi connectivity index (χ1) is 8.17. The highest BCUT2D eigenvalue weighted by atomic mass is 32.2. The molecular formula is C13H23NO2S. The molecule has 1 rings (SSSR count). The molecular weight excluding hydrogens is 234 g/mol. The van der Waals surface area contributed by atoms with Crippen LogP contribution in [0.25, 0.3) is 0 Å². The molecule has 0 saturated heterocycles. The minimum Gasteiger partial charge on any atom is -0.464 e. The zero-order valence-corrected chi connectivity index (χ0v) is 11.8. The summed E-state index contributed by atoms with van der Waals surface area (Å²) in [6.07, 6.45) is 2.06. The standard InChI is InChI=1S/C13H23NO2S/c1-4-8-14-9-12-6-7-13(16-12)10-17(15)11(3)5-2/h6-7,11,14H,4-5,8-10H2,1-3H3. The van der Waals surface area contributed by atoms with E-state index in [-0.39, 0.29) is 5.25 Å². The van der Waals surface area contributed by atoms with E-state index in [9.17, 15) is 4.21 Å². The number of nitrogens with one attached hydrogen (secondary N) is 1. The van der Waals surface area contributed by atoms with Gasteiger partial charge in [-0.2, -0.15) is 0 Å². The Bertz CT molecular complexity index is 349. The normalized spacial score (nSPS) is 14.8. The van der Waals surface area contributed by atoms with Crippen LogP contribution >= 0.6 is 0 Å². The van der Waals surface area contributed by atoms with Gasteiger partial charge in [0.05, 0.1) is 12.3 Å². The second-order valence-corrected chi connectivity index (χ2v) is 6.14. The van der Waals surface area contributed by atoms with E-state index in [0.29, 0.717) is 5.75 Å². The lowest BCUT2D eigenvalue weighted by Crippen LogP contribution is -2.13. The monoisotopic (exact) mass is 257 g/mol. The Morgan fingerprint density at radius 1 is 1.35 bits per heavy atom. The second kappa shape index (κ2) is 7.67. The Labute approximate surface area is 106 Å². The summed E-state index contributed by atoms with van der Waals surface area (Å²) in [6.45, 7) is 7.96. The number of furan rings is 1. The average Bonchev–Trinajstić information content (AvgIpc) is 2.76. The lowest BCUT2D eigenvalue weighted by atomic mass is 10.4. The average molecular weight is 257 g/mol. The van der Waals surface area contributed by atoms with Crippen molar-refractivity contribution in [2.45, 2.75) is 51.2 Å². The predicted octanol–water partition coefficient (Wildman–Crippen LogP) is 2.83. The van der Waals surface area contributed by atoms with Crippen molar-refractivity contribution in [3.05, 3.63) is 23.7 Å². The molecule has 1 heterocycles. The van der Waals surface area contributed by atoms with Gasteiger partial charge in [0.2, 0.25) is 0 Å². The van der Waals surface area contributed by atoms with Crippen molar-refractivity contribution in [2.24, 2.45) is 0 Å². The second-order valence-electron chi connectivity index (χ2n) is 4.29. The summed E-state index contributed by atoms with van der Waals surface area (Å²) in [5.74, 6) is 2.29. The molecule has 0 saturated carbocycles. The van der Waals surface area contributed by atoms with E-state index in [0.717, 1.165) is 37.5 Å². The largest absolute Gasteiger partial charge is 0.464 e. The highest BCUT2D eigenvalue weighted by Crippen LogP contribution is 2.13. The molecule has 4 heteroatoms. The summed E-state index contributed by atoms with van der Waals surface area (Å²) in [4.78, 5) is 0. The highest BCUT2D eigenvalue weighted by molar-refractivity contribution is 7.84.